The number of benzene rings is 2. The fourth-order valence-electron chi connectivity index (χ4n) is 2.81. The van der Waals surface area contributed by atoms with E-state index in [0.717, 1.165) is 16.4 Å². The Morgan fingerprint density at radius 2 is 1.77 bits per heavy atom. The van der Waals surface area contributed by atoms with E-state index < -0.39 is 40.0 Å². The van der Waals surface area contributed by atoms with Crippen LogP contribution in [0.15, 0.2) is 53.7 Å². The van der Waals surface area contributed by atoms with Gasteiger partial charge in [0.2, 0.25) is 0 Å². The molecule has 1 atom stereocenters. The van der Waals surface area contributed by atoms with Gasteiger partial charge in [0, 0.05) is 29.2 Å². The minimum Gasteiger partial charge on any atom is -0.371 e. The fraction of sp³-hybridized carbons (Fsp3) is 0.278. The molecule has 0 saturated heterocycles. The van der Waals surface area contributed by atoms with E-state index in [-0.39, 0.29) is 16.6 Å². The Morgan fingerprint density at radius 1 is 1.17 bits per heavy atom. The van der Waals surface area contributed by atoms with Gasteiger partial charge in [-0.2, -0.15) is 25.9 Å². The third kappa shape index (κ3) is 4.66. The molecule has 3 rings (SSSR count). The highest BCUT2D eigenvalue weighted by Crippen LogP contribution is 2.49. The van der Waals surface area contributed by atoms with Crippen LogP contribution in [0.1, 0.15) is 17.5 Å². The monoisotopic (exact) mass is 482 g/mol. The van der Waals surface area contributed by atoms with Crippen molar-refractivity contribution in [2.75, 3.05) is 7.05 Å². The maximum atomic E-state index is 13.9. The molecule has 162 valence electrons. The highest BCUT2D eigenvalue weighted by molar-refractivity contribution is 7.84. The number of alkyl halides is 3. The lowest BCUT2D eigenvalue weighted by atomic mass is 9.90. The summed E-state index contributed by atoms with van der Waals surface area (Å²) in [4.78, 5) is 4.70. The molecule has 0 saturated carbocycles. The van der Waals surface area contributed by atoms with E-state index in [1.807, 2.05) is 0 Å². The molecule has 0 N–H and O–H groups in total. The maximum absolute atomic E-state index is 13.9. The quantitative estimate of drug-likeness (QED) is 0.608. The highest BCUT2D eigenvalue weighted by Gasteiger charge is 2.63. The number of halogens is 5. The van der Waals surface area contributed by atoms with Gasteiger partial charge in [0.25, 0.3) is 11.5 Å². The van der Waals surface area contributed by atoms with E-state index in [1.165, 1.54) is 13.1 Å². The highest BCUT2D eigenvalue weighted by atomic mass is 35.5. The van der Waals surface area contributed by atoms with Gasteiger partial charge in [0.15, 0.2) is 0 Å². The first kappa shape index (κ1) is 22.7. The number of hydrogen-bond donors (Lipinski definition) is 0. The van der Waals surface area contributed by atoms with Crippen molar-refractivity contribution in [2.24, 2.45) is 5.16 Å². The van der Waals surface area contributed by atoms with Gasteiger partial charge in [0.05, 0.1) is 6.42 Å². The lowest BCUT2D eigenvalue weighted by Gasteiger charge is -2.29. The summed E-state index contributed by atoms with van der Waals surface area (Å²) in [6, 6.07) is 11.9. The topological polar surface area (TPSA) is 68.2 Å². The van der Waals surface area contributed by atoms with E-state index in [9.17, 15) is 21.6 Å². The Kier molecular flexibility index (Phi) is 6.24. The molecule has 12 heteroatoms. The van der Waals surface area contributed by atoms with E-state index in [2.05, 4.69) is 5.16 Å². The molecule has 0 amide bonds. The molecule has 1 heterocycles. The summed E-state index contributed by atoms with van der Waals surface area (Å²) in [5.41, 5.74) is -2.75. The molecule has 0 spiro atoms. The third-order valence-corrected chi connectivity index (χ3v) is 6.05. The van der Waals surface area contributed by atoms with Crippen LogP contribution in [0.3, 0.4) is 0 Å². The molecule has 0 aromatic heterocycles. The summed E-state index contributed by atoms with van der Waals surface area (Å²) in [7, 11) is -3.20. The van der Waals surface area contributed by atoms with Crippen molar-refractivity contribution in [3.63, 3.8) is 0 Å². The summed E-state index contributed by atoms with van der Waals surface area (Å²) in [5, 5.41) is 3.15. The summed E-state index contributed by atoms with van der Waals surface area (Å²) in [6.45, 7) is -0.0500. The predicted molar refractivity (Wildman–Crippen MR) is 105 cm³/mol. The van der Waals surface area contributed by atoms with E-state index in [4.69, 9.17) is 32.2 Å². The summed E-state index contributed by atoms with van der Waals surface area (Å²) in [6.07, 6.45) is -5.97. The van der Waals surface area contributed by atoms with E-state index in [1.54, 1.807) is 30.3 Å². The molecule has 6 nitrogen and oxygen atoms in total. The zero-order chi connectivity index (χ0) is 22.2. The Balaban J connectivity index is 1.82. The molecular formula is C18H15Cl2F3N2O4S. The predicted octanol–water partition coefficient (Wildman–Crippen LogP) is 4.88. The molecule has 0 radical (unpaired) electrons. The van der Waals surface area contributed by atoms with Crippen LogP contribution < -0.4 is 0 Å². The largest absolute Gasteiger partial charge is 0.435 e. The number of oxime groups is 1. The van der Waals surface area contributed by atoms with Gasteiger partial charge in [-0.25, -0.2) is 0 Å². The van der Waals surface area contributed by atoms with Crippen molar-refractivity contribution in [1.29, 1.82) is 0 Å². The molecule has 2 aromatic carbocycles. The van der Waals surface area contributed by atoms with Crippen LogP contribution in [-0.4, -0.2) is 31.8 Å². The van der Waals surface area contributed by atoms with Crippen LogP contribution >= 0.6 is 23.2 Å². The molecule has 2 aromatic rings. The average Bonchev–Trinajstić information content (AvgIpc) is 3.06. The summed E-state index contributed by atoms with van der Waals surface area (Å²) in [5.74, 6) is -0.747. The first-order chi connectivity index (χ1) is 13.9. The van der Waals surface area contributed by atoms with Crippen molar-refractivity contribution in [3.05, 3.63) is 69.7 Å². The minimum absolute atomic E-state index is 0.0469. The van der Waals surface area contributed by atoms with Crippen molar-refractivity contribution < 1.29 is 30.6 Å². The molecule has 0 aliphatic carbocycles. The van der Waals surface area contributed by atoms with Gasteiger partial charge in [-0.3, -0.25) is 0 Å². The number of hydrogen-bond acceptors (Lipinski definition) is 5. The van der Waals surface area contributed by atoms with Gasteiger partial charge in [0.1, 0.15) is 0 Å². The Bertz CT molecular complexity index is 1040. The number of nitrogens with zero attached hydrogens (tertiary/aromatic N) is 2. The standard InChI is InChI=1S/C18H15Cl2F3N2O4S/c1-25(11-12-5-3-2-4-6-12)30(26,27)28-16-10-17(29-24-16,18(21,22)23)13-7-14(19)9-15(20)8-13/h2-9H,10-11H2,1H3. The number of rotatable bonds is 5. The molecular weight excluding hydrogens is 468 g/mol. The van der Waals surface area contributed by atoms with Crippen LogP contribution in [0.2, 0.25) is 10.0 Å². The van der Waals surface area contributed by atoms with Crippen molar-refractivity contribution in [3.8, 4) is 0 Å². The third-order valence-electron chi connectivity index (χ3n) is 4.32. The van der Waals surface area contributed by atoms with Crippen molar-refractivity contribution in [2.45, 2.75) is 24.7 Å². The van der Waals surface area contributed by atoms with Gasteiger partial charge in [-0.05, 0) is 28.9 Å². The summed E-state index contributed by atoms with van der Waals surface area (Å²) >= 11 is 11.6. The second-order valence-corrected chi connectivity index (χ2v) is 9.04. The lowest BCUT2D eigenvalue weighted by molar-refractivity contribution is -0.275. The Labute approximate surface area is 181 Å². The van der Waals surface area contributed by atoms with E-state index >= 15 is 0 Å². The van der Waals surface area contributed by atoms with Gasteiger partial charge >= 0.3 is 16.5 Å². The van der Waals surface area contributed by atoms with Gasteiger partial charge in [-0.1, -0.05) is 53.5 Å². The average molecular weight is 483 g/mol. The van der Waals surface area contributed by atoms with Crippen LogP contribution in [0, 0.1) is 0 Å². The van der Waals surface area contributed by atoms with E-state index in [0.29, 0.717) is 5.56 Å². The molecule has 0 bridgehead atoms. The SMILES string of the molecule is CN(Cc1ccccc1)S(=O)(=O)OC1=NOC(c2cc(Cl)cc(Cl)c2)(C(F)(F)F)C1. The Morgan fingerprint density at radius 3 is 2.33 bits per heavy atom. The first-order valence-corrected chi connectivity index (χ1v) is 10.5. The first-order valence-electron chi connectivity index (χ1n) is 8.41. The smallest absolute Gasteiger partial charge is 0.371 e. The zero-order valence-electron chi connectivity index (χ0n) is 15.4. The lowest BCUT2D eigenvalue weighted by Crippen LogP contribution is -2.43. The normalized spacial score (nSPS) is 19.5. The van der Waals surface area contributed by atoms with Crippen LogP contribution in [0.4, 0.5) is 13.2 Å². The molecule has 0 fully saturated rings. The second-order valence-electron chi connectivity index (χ2n) is 6.52. The van der Waals surface area contributed by atoms with Crippen LogP contribution in [-0.2, 0) is 31.5 Å². The Hall–Kier alpha value is -2.01. The van der Waals surface area contributed by atoms with Gasteiger partial charge < -0.3 is 9.02 Å². The van der Waals surface area contributed by atoms with Gasteiger partial charge in [-0.15, -0.1) is 0 Å². The molecule has 30 heavy (non-hydrogen) atoms. The van der Waals surface area contributed by atoms with Crippen LogP contribution in [0.5, 0.6) is 0 Å². The minimum atomic E-state index is -4.96. The van der Waals surface area contributed by atoms with Crippen molar-refractivity contribution >= 4 is 39.4 Å². The van der Waals surface area contributed by atoms with Crippen LogP contribution in [0.25, 0.3) is 0 Å². The molecule has 1 aliphatic rings. The zero-order valence-corrected chi connectivity index (χ0v) is 17.7. The second kappa shape index (κ2) is 8.26. The fourth-order valence-corrected chi connectivity index (χ4v) is 4.11. The molecule has 1 aliphatic heterocycles. The maximum Gasteiger partial charge on any atom is 0.435 e. The summed E-state index contributed by atoms with van der Waals surface area (Å²) < 4.78 is 72.3. The molecule has 1 unspecified atom stereocenters. The van der Waals surface area contributed by atoms with Crippen molar-refractivity contribution in [1.82, 2.24) is 4.31 Å².